The summed E-state index contributed by atoms with van der Waals surface area (Å²) in [4.78, 5) is 32.5. The van der Waals surface area contributed by atoms with E-state index in [9.17, 15) is 14.4 Å². The maximum atomic E-state index is 11.0. The molecule has 4 heteroatoms. The zero-order chi connectivity index (χ0) is 13.0. The number of hydrogen-bond acceptors (Lipinski definition) is 3. The molecule has 0 unspecified atom stereocenters. The summed E-state index contributed by atoms with van der Waals surface area (Å²) < 4.78 is 0. The number of carbonyl (C=O) groups excluding carboxylic acids is 3. The molecule has 1 amide bonds. The van der Waals surface area contributed by atoms with Gasteiger partial charge in [-0.1, -0.05) is 19.9 Å². The van der Waals surface area contributed by atoms with Crippen molar-refractivity contribution >= 4 is 17.5 Å². The molecule has 0 aromatic rings. The zero-order valence-corrected chi connectivity index (χ0v) is 10.5. The Morgan fingerprint density at radius 1 is 1.12 bits per heavy atom. The molecule has 0 saturated carbocycles. The molecule has 0 aliphatic carbocycles. The van der Waals surface area contributed by atoms with Gasteiger partial charge < -0.3 is 5.32 Å². The fourth-order valence-corrected chi connectivity index (χ4v) is 0.817. The maximum Gasteiger partial charge on any atom is 0.220 e. The number of nitrogens with one attached hydrogen (secondary N) is 1. The molecule has 0 heterocycles. The Balaban J connectivity index is 0. The number of carbonyl (C=O) groups is 3. The molecule has 0 aromatic carbocycles. The minimum absolute atomic E-state index is 0.0383. The molecular weight excluding hydrogens is 206 g/mol. The van der Waals surface area contributed by atoms with E-state index in [0.29, 0.717) is 0 Å². The lowest BCUT2D eigenvalue weighted by Gasteiger charge is -2.00. The highest BCUT2D eigenvalue weighted by Crippen LogP contribution is 1.92. The second-order valence-corrected chi connectivity index (χ2v) is 2.95. The van der Waals surface area contributed by atoms with Crippen LogP contribution in [0.1, 0.15) is 40.5 Å². The van der Waals surface area contributed by atoms with Crippen LogP contribution in [0.15, 0.2) is 12.2 Å². The summed E-state index contributed by atoms with van der Waals surface area (Å²) in [6, 6.07) is 0. The molecule has 0 bridgehead atoms. The van der Waals surface area contributed by atoms with E-state index in [-0.39, 0.29) is 36.9 Å². The minimum Gasteiger partial charge on any atom is -0.349 e. The highest BCUT2D eigenvalue weighted by atomic mass is 16.2. The average molecular weight is 227 g/mol. The van der Waals surface area contributed by atoms with Gasteiger partial charge in [-0.3, -0.25) is 14.4 Å². The molecule has 0 fully saturated rings. The summed E-state index contributed by atoms with van der Waals surface area (Å²) in [5, 5.41) is 2.41. The molecule has 0 aliphatic heterocycles. The lowest BCUT2D eigenvalue weighted by molar-refractivity contribution is -0.125. The molecule has 0 saturated heterocycles. The first-order chi connectivity index (χ1) is 7.56. The van der Waals surface area contributed by atoms with Crippen molar-refractivity contribution in [1.29, 1.82) is 0 Å². The van der Waals surface area contributed by atoms with Crippen LogP contribution in [0.3, 0.4) is 0 Å². The van der Waals surface area contributed by atoms with Crippen molar-refractivity contribution in [2.75, 3.05) is 6.54 Å². The highest BCUT2D eigenvalue weighted by molar-refractivity contribution is 5.93. The van der Waals surface area contributed by atoms with Crippen LogP contribution in [0.25, 0.3) is 0 Å². The van der Waals surface area contributed by atoms with Crippen LogP contribution in [0.5, 0.6) is 0 Å². The zero-order valence-electron chi connectivity index (χ0n) is 10.5. The highest BCUT2D eigenvalue weighted by Gasteiger charge is 2.04. The van der Waals surface area contributed by atoms with Crippen LogP contribution < -0.4 is 5.32 Å². The normalized spacial score (nSPS) is 9.25. The predicted octanol–water partition coefficient (Wildman–Crippen LogP) is 1.64. The maximum absolute atomic E-state index is 11.0. The van der Waals surface area contributed by atoms with Gasteiger partial charge in [0.15, 0.2) is 5.78 Å². The molecule has 16 heavy (non-hydrogen) atoms. The van der Waals surface area contributed by atoms with Crippen LogP contribution in [-0.2, 0) is 14.4 Å². The van der Waals surface area contributed by atoms with Gasteiger partial charge in [0, 0.05) is 12.8 Å². The van der Waals surface area contributed by atoms with E-state index < -0.39 is 0 Å². The lowest BCUT2D eigenvalue weighted by atomic mass is 10.2. The first-order valence-corrected chi connectivity index (χ1v) is 5.48. The summed E-state index contributed by atoms with van der Waals surface area (Å²) in [6.07, 6.45) is 3.39. The Hall–Kier alpha value is -1.45. The van der Waals surface area contributed by atoms with Gasteiger partial charge in [-0.25, -0.2) is 0 Å². The number of hydrogen-bond donors (Lipinski definition) is 1. The molecule has 0 rings (SSSR count). The molecule has 92 valence electrons. The van der Waals surface area contributed by atoms with Crippen molar-refractivity contribution in [2.24, 2.45) is 0 Å². The number of rotatable bonds is 6. The molecule has 4 nitrogen and oxygen atoms in total. The van der Waals surface area contributed by atoms with Gasteiger partial charge in [0.05, 0.1) is 6.54 Å². The van der Waals surface area contributed by atoms with E-state index in [1.807, 2.05) is 13.8 Å². The third-order valence-electron chi connectivity index (χ3n) is 1.49. The molecule has 0 atom stereocenters. The third-order valence-corrected chi connectivity index (χ3v) is 1.49. The largest absolute Gasteiger partial charge is 0.349 e. The lowest BCUT2D eigenvalue weighted by Crippen LogP contribution is -2.28. The van der Waals surface area contributed by atoms with E-state index in [0.717, 1.165) is 0 Å². The predicted molar refractivity (Wildman–Crippen MR) is 64.1 cm³/mol. The summed E-state index contributed by atoms with van der Waals surface area (Å²) >= 11 is 0. The minimum atomic E-state index is -0.266. The van der Waals surface area contributed by atoms with Crippen LogP contribution in [0.2, 0.25) is 0 Å². The second-order valence-electron chi connectivity index (χ2n) is 2.95. The van der Waals surface area contributed by atoms with Crippen molar-refractivity contribution < 1.29 is 14.4 Å². The smallest absolute Gasteiger partial charge is 0.220 e. The van der Waals surface area contributed by atoms with Crippen LogP contribution in [0, 0.1) is 0 Å². The Bertz CT molecular complexity index is 257. The first-order valence-electron chi connectivity index (χ1n) is 5.48. The van der Waals surface area contributed by atoms with Gasteiger partial charge in [-0.05, 0) is 19.9 Å². The molecule has 1 N–H and O–H groups in total. The summed E-state index contributed by atoms with van der Waals surface area (Å²) in [5.74, 6) is -0.443. The van der Waals surface area contributed by atoms with E-state index in [1.54, 1.807) is 13.0 Å². The van der Waals surface area contributed by atoms with Gasteiger partial charge in [0.1, 0.15) is 5.78 Å². The summed E-state index contributed by atoms with van der Waals surface area (Å²) in [6.45, 7) is 7.18. The molecule has 0 aromatic heterocycles. The van der Waals surface area contributed by atoms with Crippen LogP contribution in [-0.4, -0.2) is 24.0 Å². The fraction of sp³-hybridized carbons (Fsp3) is 0.583. The van der Waals surface area contributed by atoms with E-state index in [4.69, 9.17) is 0 Å². The SMILES string of the molecule is C/C=C/C(=O)CCC(=O)NCC(C)=O.CC. The molecule has 0 aliphatic rings. The Morgan fingerprint density at radius 2 is 1.69 bits per heavy atom. The van der Waals surface area contributed by atoms with Gasteiger partial charge in [0.2, 0.25) is 5.91 Å². The second kappa shape index (κ2) is 11.6. The van der Waals surface area contributed by atoms with Crippen molar-refractivity contribution in [1.82, 2.24) is 5.32 Å². The van der Waals surface area contributed by atoms with Crippen LogP contribution >= 0.6 is 0 Å². The van der Waals surface area contributed by atoms with E-state index in [1.165, 1.54) is 13.0 Å². The number of allylic oxidation sites excluding steroid dienone is 2. The molecule has 0 spiro atoms. The Kier molecular flexibility index (Phi) is 12.3. The van der Waals surface area contributed by atoms with Crippen molar-refractivity contribution in [2.45, 2.75) is 40.5 Å². The number of Topliss-reactive ketones (excluding diaryl/α,β-unsaturated/α-hetero) is 1. The third kappa shape index (κ3) is 12.6. The van der Waals surface area contributed by atoms with Crippen molar-refractivity contribution in [3.63, 3.8) is 0 Å². The van der Waals surface area contributed by atoms with E-state index >= 15 is 0 Å². The van der Waals surface area contributed by atoms with Gasteiger partial charge in [-0.2, -0.15) is 0 Å². The monoisotopic (exact) mass is 227 g/mol. The molecule has 0 radical (unpaired) electrons. The Morgan fingerprint density at radius 3 is 2.12 bits per heavy atom. The van der Waals surface area contributed by atoms with Gasteiger partial charge >= 0.3 is 0 Å². The fourth-order valence-electron chi connectivity index (χ4n) is 0.817. The average Bonchev–Trinajstić information content (AvgIpc) is 2.26. The molecular formula is C12H21NO3. The van der Waals surface area contributed by atoms with Crippen molar-refractivity contribution in [3.05, 3.63) is 12.2 Å². The van der Waals surface area contributed by atoms with Gasteiger partial charge in [-0.15, -0.1) is 0 Å². The topological polar surface area (TPSA) is 63.2 Å². The van der Waals surface area contributed by atoms with Crippen LogP contribution in [0.4, 0.5) is 0 Å². The summed E-state index contributed by atoms with van der Waals surface area (Å²) in [5.41, 5.74) is 0. The summed E-state index contributed by atoms with van der Waals surface area (Å²) in [7, 11) is 0. The standard InChI is InChI=1S/C10H15NO3.C2H6/c1-3-4-9(13)5-6-10(14)11-7-8(2)12;1-2/h3-4H,5-7H2,1-2H3,(H,11,14);1-2H3/b4-3+;. The van der Waals surface area contributed by atoms with Crippen molar-refractivity contribution in [3.8, 4) is 0 Å². The number of ketones is 2. The van der Waals surface area contributed by atoms with Gasteiger partial charge in [0.25, 0.3) is 0 Å². The quantitative estimate of drug-likeness (QED) is 0.702. The first kappa shape index (κ1) is 17.0. The Labute approximate surface area is 97.1 Å². The number of amides is 1. The van der Waals surface area contributed by atoms with E-state index in [2.05, 4.69) is 5.32 Å².